The van der Waals surface area contributed by atoms with E-state index in [1.165, 1.54) is 0 Å². The minimum Gasteiger partial charge on any atom is -0.465 e. The van der Waals surface area contributed by atoms with Gasteiger partial charge in [-0.1, -0.05) is 6.07 Å². The van der Waals surface area contributed by atoms with Crippen LogP contribution in [0.1, 0.15) is 26.5 Å². The van der Waals surface area contributed by atoms with E-state index in [4.69, 9.17) is 4.74 Å². The van der Waals surface area contributed by atoms with Gasteiger partial charge in [0.05, 0.1) is 6.61 Å². The number of nitrogens with zero attached hydrogens (tertiary/aromatic N) is 1. The molecule has 0 aliphatic heterocycles. The molecule has 0 fully saturated rings. The van der Waals surface area contributed by atoms with Gasteiger partial charge in [0.1, 0.15) is 5.54 Å². The Bertz CT molecular complexity index is 350. The molecule has 1 heterocycles. The number of hydrogen-bond donors (Lipinski definition) is 1. The van der Waals surface area contributed by atoms with Crippen LogP contribution < -0.4 is 5.32 Å². The zero-order chi connectivity index (χ0) is 12.7. The van der Waals surface area contributed by atoms with E-state index >= 15 is 0 Å². The van der Waals surface area contributed by atoms with Gasteiger partial charge in [-0.3, -0.25) is 9.78 Å². The molecule has 0 aliphatic carbocycles. The van der Waals surface area contributed by atoms with Crippen molar-refractivity contribution in [1.82, 2.24) is 10.3 Å². The molecule has 4 heteroatoms. The first kappa shape index (κ1) is 13.6. The first-order valence-corrected chi connectivity index (χ1v) is 5.88. The number of carbonyl (C=O) groups is 1. The number of aromatic nitrogens is 1. The van der Waals surface area contributed by atoms with Crippen molar-refractivity contribution in [2.24, 2.45) is 0 Å². The van der Waals surface area contributed by atoms with Crippen LogP contribution in [0.3, 0.4) is 0 Å². The van der Waals surface area contributed by atoms with Crippen LogP contribution in [-0.2, 0) is 16.0 Å². The molecular formula is C13H20N2O2. The number of carbonyl (C=O) groups excluding carboxylic acids is 1. The Morgan fingerprint density at radius 3 is 2.82 bits per heavy atom. The van der Waals surface area contributed by atoms with Crippen LogP contribution in [0.5, 0.6) is 0 Å². The molecule has 0 aliphatic rings. The fraction of sp³-hybridized carbons (Fsp3) is 0.538. The van der Waals surface area contributed by atoms with Crippen molar-refractivity contribution in [3.05, 3.63) is 30.1 Å². The summed E-state index contributed by atoms with van der Waals surface area (Å²) < 4.78 is 4.99. The Labute approximate surface area is 102 Å². The van der Waals surface area contributed by atoms with E-state index < -0.39 is 5.54 Å². The summed E-state index contributed by atoms with van der Waals surface area (Å²) in [6.45, 7) is 6.56. The van der Waals surface area contributed by atoms with Crippen molar-refractivity contribution in [3.63, 3.8) is 0 Å². The second kappa shape index (κ2) is 6.35. The Morgan fingerprint density at radius 2 is 2.24 bits per heavy atom. The van der Waals surface area contributed by atoms with Crippen LogP contribution >= 0.6 is 0 Å². The maximum absolute atomic E-state index is 11.6. The zero-order valence-electron chi connectivity index (χ0n) is 10.7. The zero-order valence-corrected chi connectivity index (χ0v) is 10.7. The Kier molecular flexibility index (Phi) is 5.10. The predicted octanol–water partition coefficient (Wildman–Crippen LogP) is 1.56. The Morgan fingerprint density at radius 1 is 1.47 bits per heavy atom. The summed E-state index contributed by atoms with van der Waals surface area (Å²) in [5.74, 6) is -0.221. The number of nitrogens with one attached hydrogen (secondary N) is 1. The summed E-state index contributed by atoms with van der Waals surface area (Å²) in [6, 6.07) is 5.82. The van der Waals surface area contributed by atoms with Crippen LogP contribution in [0.15, 0.2) is 24.4 Å². The second-order valence-corrected chi connectivity index (χ2v) is 4.34. The molecule has 1 N–H and O–H groups in total. The molecule has 94 valence electrons. The van der Waals surface area contributed by atoms with Crippen LogP contribution in [0.4, 0.5) is 0 Å². The number of ether oxygens (including phenoxy) is 1. The summed E-state index contributed by atoms with van der Waals surface area (Å²) in [5, 5.41) is 3.18. The highest BCUT2D eigenvalue weighted by molar-refractivity contribution is 5.79. The normalized spacial score (nSPS) is 11.2. The molecule has 0 bridgehead atoms. The molecule has 17 heavy (non-hydrogen) atoms. The molecule has 1 rings (SSSR count). The lowest BCUT2D eigenvalue weighted by atomic mass is 10.1. The molecule has 0 radical (unpaired) electrons. The molecule has 0 saturated carbocycles. The molecule has 0 atom stereocenters. The molecule has 4 nitrogen and oxygen atoms in total. The highest BCUT2D eigenvalue weighted by atomic mass is 16.5. The third-order valence-corrected chi connectivity index (χ3v) is 2.46. The lowest BCUT2D eigenvalue weighted by Gasteiger charge is -2.23. The van der Waals surface area contributed by atoms with E-state index in [0.717, 1.165) is 12.1 Å². The smallest absolute Gasteiger partial charge is 0.325 e. The van der Waals surface area contributed by atoms with Crippen molar-refractivity contribution in [1.29, 1.82) is 0 Å². The van der Waals surface area contributed by atoms with Gasteiger partial charge in [-0.2, -0.15) is 0 Å². The minimum atomic E-state index is -0.648. The molecule has 1 aromatic heterocycles. The average molecular weight is 236 g/mol. The Balaban J connectivity index is 2.37. The van der Waals surface area contributed by atoms with E-state index in [1.807, 2.05) is 39.0 Å². The topological polar surface area (TPSA) is 51.2 Å². The molecular weight excluding hydrogens is 216 g/mol. The predicted molar refractivity (Wildman–Crippen MR) is 66.7 cm³/mol. The van der Waals surface area contributed by atoms with E-state index in [9.17, 15) is 4.79 Å². The summed E-state index contributed by atoms with van der Waals surface area (Å²) in [6.07, 6.45) is 2.56. The number of esters is 1. The van der Waals surface area contributed by atoms with Gasteiger partial charge in [-0.05, 0) is 32.9 Å². The average Bonchev–Trinajstić information content (AvgIpc) is 2.30. The maximum atomic E-state index is 11.6. The molecule has 0 spiro atoms. The fourth-order valence-electron chi connectivity index (χ4n) is 1.43. The van der Waals surface area contributed by atoms with Crippen molar-refractivity contribution >= 4 is 5.97 Å². The Hall–Kier alpha value is -1.42. The summed E-state index contributed by atoms with van der Waals surface area (Å²) in [7, 11) is 0. The van der Waals surface area contributed by atoms with E-state index in [-0.39, 0.29) is 5.97 Å². The van der Waals surface area contributed by atoms with E-state index in [0.29, 0.717) is 13.2 Å². The third kappa shape index (κ3) is 4.53. The van der Waals surface area contributed by atoms with Crippen LogP contribution in [0.2, 0.25) is 0 Å². The number of pyridine rings is 1. The van der Waals surface area contributed by atoms with Gasteiger partial charge in [0, 0.05) is 24.9 Å². The molecule has 1 aromatic rings. The van der Waals surface area contributed by atoms with Crippen LogP contribution in [0.25, 0.3) is 0 Å². The van der Waals surface area contributed by atoms with Gasteiger partial charge >= 0.3 is 5.97 Å². The summed E-state index contributed by atoms with van der Waals surface area (Å²) in [4.78, 5) is 15.8. The van der Waals surface area contributed by atoms with Crippen molar-refractivity contribution in [2.45, 2.75) is 32.7 Å². The SMILES string of the molecule is CCOC(=O)C(C)(C)NCCc1ccccn1. The third-order valence-electron chi connectivity index (χ3n) is 2.46. The largest absolute Gasteiger partial charge is 0.465 e. The monoisotopic (exact) mass is 236 g/mol. The fourth-order valence-corrected chi connectivity index (χ4v) is 1.43. The first-order chi connectivity index (χ1) is 8.06. The quantitative estimate of drug-likeness (QED) is 0.761. The maximum Gasteiger partial charge on any atom is 0.325 e. The standard InChI is InChI=1S/C13H20N2O2/c1-4-17-12(16)13(2,3)15-10-8-11-7-5-6-9-14-11/h5-7,9,15H,4,8,10H2,1-3H3. The summed E-state index contributed by atoms with van der Waals surface area (Å²) >= 11 is 0. The summed E-state index contributed by atoms with van der Waals surface area (Å²) in [5.41, 5.74) is 0.366. The minimum absolute atomic E-state index is 0.221. The highest BCUT2D eigenvalue weighted by Gasteiger charge is 2.27. The molecule has 0 saturated heterocycles. The lowest BCUT2D eigenvalue weighted by Crippen LogP contribution is -2.48. The highest BCUT2D eigenvalue weighted by Crippen LogP contribution is 2.05. The van der Waals surface area contributed by atoms with Gasteiger partial charge < -0.3 is 10.1 Å². The number of rotatable bonds is 6. The van der Waals surface area contributed by atoms with Crippen molar-refractivity contribution < 1.29 is 9.53 Å². The van der Waals surface area contributed by atoms with Crippen LogP contribution in [-0.4, -0.2) is 29.6 Å². The first-order valence-electron chi connectivity index (χ1n) is 5.88. The van der Waals surface area contributed by atoms with Crippen LogP contribution in [0, 0.1) is 0 Å². The van der Waals surface area contributed by atoms with Gasteiger partial charge in [0.15, 0.2) is 0 Å². The van der Waals surface area contributed by atoms with Crippen molar-refractivity contribution in [3.8, 4) is 0 Å². The second-order valence-electron chi connectivity index (χ2n) is 4.34. The van der Waals surface area contributed by atoms with E-state index in [2.05, 4.69) is 10.3 Å². The van der Waals surface area contributed by atoms with Gasteiger partial charge in [0.2, 0.25) is 0 Å². The van der Waals surface area contributed by atoms with Gasteiger partial charge in [-0.25, -0.2) is 0 Å². The number of hydrogen-bond acceptors (Lipinski definition) is 4. The van der Waals surface area contributed by atoms with Gasteiger partial charge in [0.25, 0.3) is 0 Å². The van der Waals surface area contributed by atoms with Crippen molar-refractivity contribution in [2.75, 3.05) is 13.2 Å². The molecule has 0 amide bonds. The van der Waals surface area contributed by atoms with Gasteiger partial charge in [-0.15, -0.1) is 0 Å². The lowest BCUT2D eigenvalue weighted by molar-refractivity contribution is -0.149. The molecule has 0 aromatic carbocycles. The molecule has 0 unspecified atom stereocenters. The van der Waals surface area contributed by atoms with E-state index in [1.54, 1.807) is 6.20 Å².